The minimum Gasteiger partial charge on any atom is -0.490 e. The Bertz CT molecular complexity index is 873. The number of hydrogen-bond donors (Lipinski definition) is 1. The van der Waals surface area contributed by atoms with E-state index < -0.39 is 5.97 Å². The highest BCUT2D eigenvalue weighted by atomic mass is 35.5. The minimum atomic E-state index is -0.392. The molecule has 5 nitrogen and oxygen atoms in total. The third kappa shape index (κ3) is 3.29. The van der Waals surface area contributed by atoms with Gasteiger partial charge in [0.2, 0.25) is 0 Å². The first-order valence-corrected chi connectivity index (χ1v) is 7.55. The van der Waals surface area contributed by atoms with Gasteiger partial charge in [-0.3, -0.25) is 4.79 Å². The van der Waals surface area contributed by atoms with Crippen LogP contribution in [0.2, 0.25) is 5.02 Å². The van der Waals surface area contributed by atoms with E-state index in [1.165, 1.54) is 6.92 Å². The second kappa shape index (κ2) is 6.30. The van der Waals surface area contributed by atoms with Crippen LogP contribution < -0.4 is 9.47 Å². The van der Waals surface area contributed by atoms with E-state index in [4.69, 9.17) is 21.1 Å². The lowest BCUT2D eigenvalue weighted by Crippen LogP contribution is -2.04. The van der Waals surface area contributed by atoms with Crippen LogP contribution in [0.5, 0.6) is 11.5 Å². The molecule has 0 aliphatic heterocycles. The third-order valence-electron chi connectivity index (χ3n) is 3.21. The second-order valence-corrected chi connectivity index (χ2v) is 5.37. The van der Waals surface area contributed by atoms with Crippen molar-refractivity contribution in [3.8, 4) is 22.9 Å². The molecule has 118 valence electrons. The predicted molar refractivity (Wildman–Crippen MR) is 89.0 cm³/mol. The van der Waals surface area contributed by atoms with Crippen LogP contribution >= 0.6 is 11.6 Å². The fraction of sp³-hybridized carbons (Fsp3) is 0.176. The molecule has 0 aliphatic carbocycles. The van der Waals surface area contributed by atoms with Crippen LogP contribution in [0.25, 0.3) is 22.4 Å². The van der Waals surface area contributed by atoms with Crippen LogP contribution in [0.1, 0.15) is 13.8 Å². The van der Waals surface area contributed by atoms with Crippen molar-refractivity contribution in [2.75, 3.05) is 6.61 Å². The summed E-state index contributed by atoms with van der Waals surface area (Å²) < 4.78 is 10.7. The number of aromatic nitrogens is 2. The molecule has 0 radical (unpaired) electrons. The quantitative estimate of drug-likeness (QED) is 0.575. The number of rotatable bonds is 4. The summed E-state index contributed by atoms with van der Waals surface area (Å²) in [5.41, 5.74) is 2.51. The van der Waals surface area contributed by atoms with Gasteiger partial charge in [0.05, 0.1) is 17.6 Å². The molecule has 0 saturated carbocycles. The van der Waals surface area contributed by atoms with Gasteiger partial charge in [-0.2, -0.15) is 0 Å². The molecule has 0 atom stereocenters. The lowest BCUT2D eigenvalue weighted by molar-refractivity contribution is -0.132. The van der Waals surface area contributed by atoms with E-state index in [1.807, 2.05) is 25.1 Å². The Hall–Kier alpha value is -2.53. The zero-order chi connectivity index (χ0) is 16.4. The van der Waals surface area contributed by atoms with E-state index >= 15 is 0 Å². The van der Waals surface area contributed by atoms with Crippen LogP contribution in [-0.2, 0) is 4.79 Å². The standard InChI is InChI=1S/C17H15ClN2O3/c1-3-22-16-8-11(4-7-15(16)23-10(2)21)17-19-13-6-5-12(18)9-14(13)20-17/h4-9H,3H2,1-2H3,(H,19,20). The number of aromatic amines is 1. The van der Waals surface area contributed by atoms with Crippen molar-refractivity contribution in [3.63, 3.8) is 0 Å². The summed E-state index contributed by atoms with van der Waals surface area (Å²) in [6.07, 6.45) is 0. The van der Waals surface area contributed by atoms with Crippen LogP contribution in [0.3, 0.4) is 0 Å². The molecule has 3 rings (SSSR count). The number of ether oxygens (including phenoxy) is 2. The molecule has 0 aliphatic rings. The molecular weight excluding hydrogens is 316 g/mol. The molecule has 23 heavy (non-hydrogen) atoms. The Morgan fingerprint density at radius 2 is 2.04 bits per heavy atom. The molecule has 0 bridgehead atoms. The summed E-state index contributed by atoms with van der Waals surface area (Å²) in [6.45, 7) is 3.69. The van der Waals surface area contributed by atoms with Gasteiger partial charge in [-0.1, -0.05) is 11.6 Å². The molecule has 1 heterocycles. The normalized spacial score (nSPS) is 10.7. The summed E-state index contributed by atoms with van der Waals surface area (Å²) in [4.78, 5) is 18.9. The largest absolute Gasteiger partial charge is 0.490 e. The van der Waals surface area contributed by atoms with Gasteiger partial charge in [-0.05, 0) is 43.3 Å². The molecule has 2 aromatic carbocycles. The van der Waals surface area contributed by atoms with Crippen molar-refractivity contribution in [1.82, 2.24) is 9.97 Å². The number of esters is 1. The number of nitrogens with one attached hydrogen (secondary N) is 1. The topological polar surface area (TPSA) is 64.2 Å². The molecule has 0 spiro atoms. The molecular formula is C17H15ClN2O3. The number of nitrogens with zero attached hydrogens (tertiary/aromatic N) is 1. The van der Waals surface area contributed by atoms with Crippen LogP contribution in [-0.4, -0.2) is 22.5 Å². The fourth-order valence-electron chi connectivity index (χ4n) is 2.28. The fourth-order valence-corrected chi connectivity index (χ4v) is 2.45. The molecule has 0 amide bonds. The van der Waals surface area contributed by atoms with E-state index in [2.05, 4.69) is 9.97 Å². The van der Waals surface area contributed by atoms with Gasteiger partial charge in [0.15, 0.2) is 11.5 Å². The highest BCUT2D eigenvalue weighted by molar-refractivity contribution is 6.31. The summed E-state index contributed by atoms with van der Waals surface area (Å²) in [5, 5.41) is 0.646. The van der Waals surface area contributed by atoms with Crippen LogP contribution in [0.4, 0.5) is 0 Å². The maximum atomic E-state index is 11.2. The van der Waals surface area contributed by atoms with Gasteiger partial charge in [-0.25, -0.2) is 4.98 Å². The highest BCUT2D eigenvalue weighted by Crippen LogP contribution is 2.33. The summed E-state index contributed by atoms with van der Waals surface area (Å²) >= 11 is 5.99. The number of carbonyl (C=O) groups excluding carboxylic acids is 1. The molecule has 1 aromatic heterocycles. The van der Waals surface area contributed by atoms with E-state index in [0.717, 1.165) is 16.6 Å². The summed E-state index contributed by atoms with van der Waals surface area (Å²) in [5.74, 6) is 1.19. The van der Waals surface area contributed by atoms with E-state index in [1.54, 1.807) is 18.2 Å². The Kier molecular flexibility index (Phi) is 4.21. The van der Waals surface area contributed by atoms with Gasteiger partial charge in [-0.15, -0.1) is 0 Å². The van der Waals surface area contributed by atoms with Crippen molar-refractivity contribution in [2.45, 2.75) is 13.8 Å². The Morgan fingerprint density at radius 1 is 1.22 bits per heavy atom. The van der Waals surface area contributed by atoms with Crippen molar-refractivity contribution in [3.05, 3.63) is 41.4 Å². The average molecular weight is 331 g/mol. The highest BCUT2D eigenvalue weighted by Gasteiger charge is 2.12. The molecule has 0 saturated heterocycles. The monoisotopic (exact) mass is 330 g/mol. The summed E-state index contributed by atoms with van der Waals surface area (Å²) in [6, 6.07) is 10.8. The van der Waals surface area contributed by atoms with Crippen LogP contribution in [0.15, 0.2) is 36.4 Å². The minimum absolute atomic E-state index is 0.391. The van der Waals surface area contributed by atoms with Gasteiger partial charge < -0.3 is 14.5 Å². The third-order valence-corrected chi connectivity index (χ3v) is 3.45. The molecule has 6 heteroatoms. The predicted octanol–water partition coefficient (Wildman–Crippen LogP) is 4.21. The number of halogens is 1. The van der Waals surface area contributed by atoms with Crippen molar-refractivity contribution in [1.29, 1.82) is 0 Å². The Balaban J connectivity index is 2.03. The van der Waals surface area contributed by atoms with E-state index in [-0.39, 0.29) is 0 Å². The molecule has 3 aromatic rings. The van der Waals surface area contributed by atoms with Crippen LogP contribution in [0, 0.1) is 0 Å². The molecule has 1 N–H and O–H groups in total. The van der Waals surface area contributed by atoms with Gasteiger partial charge in [0.1, 0.15) is 5.82 Å². The number of H-pyrrole nitrogens is 1. The number of carbonyl (C=O) groups is 1. The molecule has 0 fully saturated rings. The molecule has 0 unspecified atom stereocenters. The van der Waals surface area contributed by atoms with E-state index in [9.17, 15) is 4.79 Å². The lowest BCUT2D eigenvalue weighted by Gasteiger charge is -2.10. The van der Waals surface area contributed by atoms with Crippen molar-refractivity contribution in [2.24, 2.45) is 0 Å². The lowest BCUT2D eigenvalue weighted by atomic mass is 10.2. The van der Waals surface area contributed by atoms with Gasteiger partial charge >= 0.3 is 5.97 Å². The first kappa shape index (κ1) is 15.4. The Morgan fingerprint density at radius 3 is 2.78 bits per heavy atom. The van der Waals surface area contributed by atoms with Gasteiger partial charge in [0.25, 0.3) is 0 Å². The van der Waals surface area contributed by atoms with Gasteiger partial charge in [0, 0.05) is 17.5 Å². The van der Waals surface area contributed by atoms with Crippen molar-refractivity contribution < 1.29 is 14.3 Å². The maximum absolute atomic E-state index is 11.2. The second-order valence-electron chi connectivity index (χ2n) is 4.94. The number of hydrogen-bond acceptors (Lipinski definition) is 4. The number of fused-ring (bicyclic) bond motifs is 1. The first-order chi connectivity index (χ1) is 11.1. The maximum Gasteiger partial charge on any atom is 0.308 e. The Labute approximate surface area is 138 Å². The number of benzene rings is 2. The summed E-state index contributed by atoms with van der Waals surface area (Å²) in [7, 11) is 0. The average Bonchev–Trinajstić information content (AvgIpc) is 2.91. The SMILES string of the molecule is CCOc1cc(-c2nc3ccc(Cl)cc3[nH]2)ccc1OC(C)=O. The first-order valence-electron chi connectivity index (χ1n) is 7.17. The zero-order valence-corrected chi connectivity index (χ0v) is 13.5. The number of imidazole rings is 1. The van der Waals surface area contributed by atoms with Crippen molar-refractivity contribution >= 4 is 28.6 Å². The van der Waals surface area contributed by atoms with E-state index in [0.29, 0.717) is 29.0 Å². The smallest absolute Gasteiger partial charge is 0.308 e. The zero-order valence-electron chi connectivity index (χ0n) is 12.7.